The van der Waals surface area contributed by atoms with Gasteiger partial charge in [-0.3, -0.25) is 0 Å². The number of anilines is 1. The fraction of sp³-hybridized carbons (Fsp3) is 0.385. The zero-order chi connectivity index (χ0) is 11.4. The van der Waals surface area contributed by atoms with Crippen LogP contribution in [0.4, 0.5) is 5.69 Å². The van der Waals surface area contributed by atoms with E-state index in [0.29, 0.717) is 6.61 Å². The van der Waals surface area contributed by atoms with Crippen LogP contribution in [0.3, 0.4) is 0 Å². The molecule has 0 atom stereocenters. The molecule has 0 unspecified atom stereocenters. The lowest BCUT2D eigenvalue weighted by molar-refractivity contribution is 0.361. The topological polar surface area (TPSA) is 35.2 Å². The van der Waals surface area contributed by atoms with E-state index in [1.807, 2.05) is 26.0 Å². The largest absolute Gasteiger partial charge is 0.487 e. The number of nitrogens with two attached hydrogens (primary N) is 1. The number of hydrogen-bond donors (Lipinski definition) is 1. The predicted octanol–water partition coefficient (Wildman–Crippen LogP) is 3.23. The molecule has 2 nitrogen and oxygen atoms in total. The van der Waals surface area contributed by atoms with E-state index < -0.39 is 0 Å². The molecule has 2 N–H and O–H groups in total. The molecular weight excluding hydrogens is 186 g/mol. The van der Waals surface area contributed by atoms with Crippen molar-refractivity contribution in [3.8, 4) is 5.75 Å². The SMILES string of the molecule is CC(C)=CCOc1c(C)cc(C)cc1N. The van der Waals surface area contributed by atoms with E-state index in [1.54, 1.807) is 0 Å². The number of hydrogen-bond acceptors (Lipinski definition) is 2. The number of ether oxygens (including phenoxy) is 1. The molecule has 0 aliphatic rings. The Morgan fingerprint density at radius 3 is 2.53 bits per heavy atom. The Morgan fingerprint density at radius 1 is 1.33 bits per heavy atom. The smallest absolute Gasteiger partial charge is 0.145 e. The average Bonchev–Trinajstić information content (AvgIpc) is 2.08. The third-order valence-corrected chi connectivity index (χ3v) is 2.17. The van der Waals surface area contributed by atoms with Crippen LogP contribution in [0.25, 0.3) is 0 Å². The van der Waals surface area contributed by atoms with E-state index in [2.05, 4.69) is 19.9 Å². The maximum absolute atomic E-state index is 5.89. The molecule has 1 aromatic carbocycles. The Hall–Kier alpha value is -1.44. The first-order chi connectivity index (χ1) is 7.00. The first-order valence-corrected chi connectivity index (χ1v) is 5.13. The fourth-order valence-corrected chi connectivity index (χ4v) is 1.48. The third-order valence-electron chi connectivity index (χ3n) is 2.17. The average molecular weight is 205 g/mol. The van der Waals surface area contributed by atoms with Gasteiger partial charge in [0, 0.05) is 0 Å². The number of rotatable bonds is 3. The predicted molar refractivity (Wildman–Crippen MR) is 65.3 cm³/mol. The van der Waals surface area contributed by atoms with Gasteiger partial charge < -0.3 is 10.5 Å². The highest BCUT2D eigenvalue weighted by Crippen LogP contribution is 2.27. The van der Waals surface area contributed by atoms with Crippen LogP contribution >= 0.6 is 0 Å². The van der Waals surface area contributed by atoms with Crippen LogP contribution in [0.15, 0.2) is 23.8 Å². The molecule has 0 bridgehead atoms. The second-order valence-corrected chi connectivity index (χ2v) is 4.09. The standard InChI is InChI=1S/C13H19NO/c1-9(2)5-6-15-13-11(4)7-10(3)8-12(13)14/h5,7-8H,6,14H2,1-4H3. The second kappa shape index (κ2) is 4.87. The second-order valence-electron chi connectivity index (χ2n) is 4.09. The summed E-state index contributed by atoms with van der Waals surface area (Å²) in [5.41, 5.74) is 10.1. The van der Waals surface area contributed by atoms with E-state index in [4.69, 9.17) is 10.5 Å². The molecule has 1 aromatic rings. The molecule has 0 amide bonds. The molecule has 1 rings (SSSR count). The first kappa shape index (κ1) is 11.6. The molecule has 0 heterocycles. The maximum Gasteiger partial charge on any atom is 0.145 e. The van der Waals surface area contributed by atoms with Crippen molar-refractivity contribution in [2.24, 2.45) is 0 Å². The minimum atomic E-state index is 0.580. The first-order valence-electron chi connectivity index (χ1n) is 5.13. The molecule has 2 heteroatoms. The van der Waals surface area contributed by atoms with Crippen molar-refractivity contribution in [3.05, 3.63) is 34.9 Å². The van der Waals surface area contributed by atoms with E-state index in [-0.39, 0.29) is 0 Å². The van der Waals surface area contributed by atoms with Gasteiger partial charge in [0.1, 0.15) is 12.4 Å². The zero-order valence-electron chi connectivity index (χ0n) is 9.92. The van der Waals surface area contributed by atoms with Crippen molar-refractivity contribution in [1.82, 2.24) is 0 Å². The summed E-state index contributed by atoms with van der Waals surface area (Å²) in [6.07, 6.45) is 2.04. The molecule has 0 aliphatic carbocycles. The highest BCUT2D eigenvalue weighted by molar-refractivity contribution is 5.58. The van der Waals surface area contributed by atoms with Gasteiger partial charge in [0.2, 0.25) is 0 Å². The highest BCUT2D eigenvalue weighted by Gasteiger charge is 2.04. The summed E-state index contributed by atoms with van der Waals surface area (Å²) >= 11 is 0. The molecular formula is C13H19NO. The van der Waals surface area contributed by atoms with Crippen molar-refractivity contribution in [1.29, 1.82) is 0 Å². The molecule has 0 radical (unpaired) electrons. The summed E-state index contributed by atoms with van der Waals surface area (Å²) in [6, 6.07) is 4.01. The molecule has 0 fully saturated rings. The Bertz CT molecular complexity index is 353. The lowest BCUT2D eigenvalue weighted by Gasteiger charge is -2.11. The van der Waals surface area contributed by atoms with E-state index in [0.717, 1.165) is 17.0 Å². The van der Waals surface area contributed by atoms with Gasteiger partial charge in [0.25, 0.3) is 0 Å². The van der Waals surface area contributed by atoms with Gasteiger partial charge in [-0.1, -0.05) is 11.6 Å². The number of aryl methyl sites for hydroxylation is 2. The van der Waals surface area contributed by atoms with Crippen molar-refractivity contribution in [2.75, 3.05) is 12.3 Å². The van der Waals surface area contributed by atoms with Crippen LogP contribution in [0.5, 0.6) is 5.75 Å². The summed E-state index contributed by atoms with van der Waals surface area (Å²) < 4.78 is 5.63. The van der Waals surface area contributed by atoms with Gasteiger partial charge in [-0.05, 0) is 51.0 Å². The summed E-state index contributed by atoms with van der Waals surface area (Å²) in [5, 5.41) is 0. The van der Waals surface area contributed by atoms with E-state index in [9.17, 15) is 0 Å². The van der Waals surface area contributed by atoms with Crippen LogP contribution in [-0.4, -0.2) is 6.61 Å². The molecule has 82 valence electrons. The summed E-state index contributed by atoms with van der Waals surface area (Å²) in [6.45, 7) is 8.73. The van der Waals surface area contributed by atoms with Gasteiger partial charge in [-0.25, -0.2) is 0 Å². The molecule has 0 aromatic heterocycles. The minimum Gasteiger partial charge on any atom is -0.487 e. The van der Waals surface area contributed by atoms with E-state index in [1.165, 1.54) is 11.1 Å². The molecule has 0 spiro atoms. The Balaban J connectivity index is 2.81. The van der Waals surface area contributed by atoms with Gasteiger partial charge in [0.05, 0.1) is 5.69 Å². The fourth-order valence-electron chi connectivity index (χ4n) is 1.48. The van der Waals surface area contributed by atoms with Gasteiger partial charge >= 0.3 is 0 Å². The van der Waals surface area contributed by atoms with Gasteiger partial charge in [0.15, 0.2) is 0 Å². The molecule has 0 aliphatic heterocycles. The van der Waals surface area contributed by atoms with Crippen molar-refractivity contribution >= 4 is 5.69 Å². The van der Waals surface area contributed by atoms with Crippen LogP contribution in [0.2, 0.25) is 0 Å². The summed E-state index contributed by atoms with van der Waals surface area (Å²) in [4.78, 5) is 0. The van der Waals surface area contributed by atoms with Crippen LogP contribution in [0, 0.1) is 13.8 Å². The van der Waals surface area contributed by atoms with Crippen LogP contribution in [-0.2, 0) is 0 Å². The Labute approximate surface area is 91.7 Å². The van der Waals surface area contributed by atoms with Gasteiger partial charge in [-0.2, -0.15) is 0 Å². The quantitative estimate of drug-likeness (QED) is 0.607. The molecule has 15 heavy (non-hydrogen) atoms. The third kappa shape index (κ3) is 3.31. The van der Waals surface area contributed by atoms with Crippen molar-refractivity contribution < 1.29 is 4.74 Å². The van der Waals surface area contributed by atoms with Crippen LogP contribution in [0.1, 0.15) is 25.0 Å². The maximum atomic E-state index is 5.89. The number of nitrogen functional groups attached to an aromatic ring is 1. The summed E-state index contributed by atoms with van der Waals surface area (Å²) in [7, 11) is 0. The lowest BCUT2D eigenvalue weighted by atomic mass is 10.1. The monoisotopic (exact) mass is 205 g/mol. The minimum absolute atomic E-state index is 0.580. The van der Waals surface area contributed by atoms with E-state index >= 15 is 0 Å². The number of allylic oxidation sites excluding steroid dienone is 1. The van der Waals surface area contributed by atoms with Gasteiger partial charge in [-0.15, -0.1) is 0 Å². The van der Waals surface area contributed by atoms with Crippen LogP contribution < -0.4 is 10.5 Å². The zero-order valence-corrected chi connectivity index (χ0v) is 9.92. The van der Waals surface area contributed by atoms with Crippen molar-refractivity contribution in [3.63, 3.8) is 0 Å². The Kier molecular flexibility index (Phi) is 3.78. The highest BCUT2D eigenvalue weighted by atomic mass is 16.5. The molecule has 0 saturated carbocycles. The molecule has 0 saturated heterocycles. The Morgan fingerprint density at radius 2 is 2.00 bits per heavy atom. The lowest BCUT2D eigenvalue weighted by Crippen LogP contribution is -2.01. The number of benzene rings is 1. The van der Waals surface area contributed by atoms with Crippen molar-refractivity contribution in [2.45, 2.75) is 27.7 Å². The normalized spacial score (nSPS) is 9.87. The summed E-state index contributed by atoms with van der Waals surface area (Å²) in [5.74, 6) is 0.804.